The Bertz CT molecular complexity index is 893. The van der Waals surface area contributed by atoms with Crippen molar-refractivity contribution in [3.63, 3.8) is 0 Å². The zero-order chi connectivity index (χ0) is 31.8. The molecule has 0 aromatic carbocycles. The minimum atomic E-state index is -1.51. The minimum Gasteiger partial charge on any atom is -0.463 e. The van der Waals surface area contributed by atoms with Crippen LogP contribution in [-0.4, -0.2) is 138 Å². The van der Waals surface area contributed by atoms with Crippen LogP contribution < -0.4 is 34.0 Å². The number of nitrogens with one attached hydrogen (secondary N) is 1. The van der Waals surface area contributed by atoms with Crippen molar-refractivity contribution in [3.05, 3.63) is 0 Å². The van der Waals surface area contributed by atoms with Crippen LogP contribution in [0.25, 0.3) is 0 Å². The first-order chi connectivity index (χ1) is 20.3. The van der Waals surface area contributed by atoms with Crippen LogP contribution in [0.3, 0.4) is 0 Å². The lowest BCUT2D eigenvalue weighted by Crippen LogP contribution is -2.68. The molecular formula is C26H50N6O11. The highest BCUT2D eigenvalue weighted by molar-refractivity contribution is 5.72. The molecule has 15 N–H and O–H groups in total. The zero-order valence-electron chi connectivity index (χ0n) is 24.5. The maximum absolute atomic E-state index is 12.2. The molecular weight excluding hydrogens is 572 g/mol. The van der Waals surface area contributed by atoms with Crippen molar-refractivity contribution in [2.75, 3.05) is 19.7 Å². The average Bonchev–Trinajstić information content (AvgIpc) is 2.95. The standard InChI is InChI=1S/C26H50N6O11/c1-11(33)32-6-4-2-3-5-18(35)39-10-17-20(36)19(31)21(37)26(41-17)43-24-13(29)7-12(28)23(22(24)38)42-25-14(30)8-15(34)16(9-27)40-25/h12-17,19-26,34,36-38H,2-10,27-31H2,1H3,(H,32,33). The van der Waals surface area contributed by atoms with Crippen molar-refractivity contribution in [1.82, 2.24) is 5.32 Å². The van der Waals surface area contributed by atoms with Crippen molar-refractivity contribution in [2.24, 2.45) is 28.7 Å². The lowest BCUT2D eigenvalue weighted by atomic mass is 9.84. The Hall–Kier alpha value is -1.58. The third kappa shape index (κ3) is 9.70. The summed E-state index contributed by atoms with van der Waals surface area (Å²) in [6.45, 7) is 1.63. The summed E-state index contributed by atoms with van der Waals surface area (Å²) in [5.74, 6) is -0.632. The number of aliphatic hydroxyl groups excluding tert-OH is 4. The smallest absolute Gasteiger partial charge is 0.305 e. The van der Waals surface area contributed by atoms with Crippen LogP contribution >= 0.6 is 0 Å². The fraction of sp³-hybridized carbons (Fsp3) is 0.923. The van der Waals surface area contributed by atoms with Crippen molar-refractivity contribution in [1.29, 1.82) is 0 Å². The molecule has 43 heavy (non-hydrogen) atoms. The Morgan fingerprint density at radius 1 is 0.814 bits per heavy atom. The Morgan fingerprint density at radius 3 is 2.07 bits per heavy atom. The molecule has 3 aliphatic rings. The second kappa shape index (κ2) is 16.6. The monoisotopic (exact) mass is 622 g/mol. The summed E-state index contributed by atoms with van der Waals surface area (Å²) in [4.78, 5) is 23.1. The number of esters is 1. The van der Waals surface area contributed by atoms with Gasteiger partial charge in [-0.2, -0.15) is 0 Å². The lowest BCUT2D eigenvalue weighted by Gasteiger charge is -2.47. The molecule has 3 rings (SSSR count). The molecule has 14 atom stereocenters. The number of rotatable bonds is 13. The van der Waals surface area contributed by atoms with Gasteiger partial charge in [0.15, 0.2) is 12.6 Å². The van der Waals surface area contributed by atoms with Crippen LogP contribution in [-0.2, 0) is 33.3 Å². The van der Waals surface area contributed by atoms with Gasteiger partial charge in [0, 0.05) is 38.5 Å². The van der Waals surface area contributed by atoms with Crippen LogP contribution in [0.4, 0.5) is 0 Å². The van der Waals surface area contributed by atoms with Crippen LogP contribution in [0.5, 0.6) is 0 Å². The molecule has 17 nitrogen and oxygen atoms in total. The first-order valence-electron chi connectivity index (χ1n) is 14.8. The largest absolute Gasteiger partial charge is 0.463 e. The van der Waals surface area contributed by atoms with Gasteiger partial charge in [-0.05, 0) is 25.7 Å². The molecule has 250 valence electrons. The third-order valence-electron chi connectivity index (χ3n) is 8.08. The van der Waals surface area contributed by atoms with Crippen molar-refractivity contribution < 1.29 is 53.7 Å². The van der Waals surface area contributed by atoms with Crippen molar-refractivity contribution in [3.8, 4) is 0 Å². The number of aliphatic hydroxyl groups is 4. The van der Waals surface area contributed by atoms with Crippen LogP contribution in [0, 0.1) is 0 Å². The summed E-state index contributed by atoms with van der Waals surface area (Å²) in [5, 5.41) is 45.3. The van der Waals surface area contributed by atoms with Gasteiger partial charge < -0.3 is 78.1 Å². The fourth-order valence-electron chi connectivity index (χ4n) is 5.50. The number of ether oxygens (including phenoxy) is 5. The van der Waals surface area contributed by atoms with E-state index in [0.29, 0.717) is 25.8 Å². The van der Waals surface area contributed by atoms with Crippen LogP contribution in [0.1, 0.15) is 45.4 Å². The van der Waals surface area contributed by atoms with E-state index < -0.39 is 91.5 Å². The topological polar surface area (TPSA) is 303 Å². The molecule has 2 saturated heterocycles. The van der Waals surface area contributed by atoms with Gasteiger partial charge >= 0.3 is 5.97 Å². The predicted octanol–water partition coefficient (Wildman–Crippen LogP) is -5.05. The van der Waals surface area contributed by atoms with Gasteiger partial charge in [-0.15, -0.1) is 0 Å². The molecule has 17 heteroatoms. The summed E-state index contributed by atoms with van der Waals surface area (Å²) in [7, 11) is 0. The molecule has 3 fully saturated rings. The normalized spacial score (nSPS) is 41.9. The molecule has 0 radical (unpaired) electrons. The maximum Gasteiger partial charge on any atom is 0.305 e. The van der Waals surface area contributed by atoms with E-state index in [9.17, 15) is 30.0 Å². The van der Waals surface area contributed by atoms with E-state index in [0.717, 1.165) is 0 Å². The molecule has 0 bridgehead atoms. The third-order valence-corrected chi connectivity index (χ3v) is 8.08. The van der Waals surface area contributed by atoms with E-state index in [1.165, 1.54) is 6.92 Å². The van der Waals surface area contributed by atoms with E-state index >= 15 is 0 Å². The summed E-state index contributed by atoms with van der Waals surface area (Å²) < 4.78 is 28.6. The van der Waals surface area contributed by atoms with E-state index in [4.69, 9.17) is 52.4 Å². The Morgan fingerprint density at radius 2 is 1.44 bits per heavy atom. The van der Waals surface area contributed by atoms with E-state index in [1.54, 1.807) is 0 Å². The average molecular weight is 623 g/mol. The Kier molecular flexibility index (Phi) is 13.9. The van der Waals surface area contributed by atoms with Gasteiger partial charge in [0.05, 0.1) is 24.3 Å². The Balaban J connectivity index is 1.56. The number of carbonyl (C=O) groups is 2. The molecule has 1 amide bonds. The van der Waals surface area contributed by atoms with Gasteiger partial charge in [0.25, 0.3) is 0 Å². The van der Waals surface area contributed by atoms with Gasteiger partial charge in [-0.3, -0.25) is 9.59 Å². The molecule has 0 aromatic rings. The highest BCUT2D eigenvalue weighted by atomic mass is 16.7. The summed E-state index contributed by atoms with van der Waals surface area (Å²) in [5.41, 5.74) is 30.3. The van der Waals surface area contributed by atoms with Crippen LogP contribution in [0.2, 0.25) is 0 Å². The molecule has 1 saturated carbocycles. The molecule has 0 aromatic heterocycles. The summed E-state index contributed by atoms with van der Waals surface area (Å²) >= 11 is 0. The second-order valence-electron chi connectivity index (χ2n) is 11.6. The van der Waals surface area contributed by atoms with E-state index in [2.05, 4.69) is 5.32 Å². The number of carbonyl (C=O) groups excluding carboxylic acids is 2. The van der Waals surface area contributed by atoms with Crippen molar-refractivity contribution >= 4 is 11.9 Å². The molecule has 1 aliphatic carbocycles. The predicted molar refractivity (Wildman–Crippen MR) is 149 cm³/mol. The molecule has 0 spiro atoms. The molecule has 14 unspecified atom stereocenters. The molecule has 2 heterocycles. The first-order valence-corrected chi connectivity index (χ1v) is 14.8. The zero-order valence-corrected chi connectivity index (χ0v) is 24.5. The number of amides is 1. The van der Waals surface area contributed by atoms with Gasteiger partial charge in [0.2, 0.25) is 5.91 Å². The summed E-state index contributed by atoms with van der Waals surface area (Å²) in [6.07, 6.45) is -9.28. The fourth-order valence-corrected chi connectivity index (χ4v) is 5.50. The maximum atomic E-state index is 12.2. The van der Waals surface area contributed by atoms with Gasteiger partial charge in [0.1, 0.15) is 43.2 Å². The quantitative estimate of drug-likeness (QED) is 0.0678. The second-order valence-corrected chi connectivity index (χ2v) is 11.6. The number of hydrogen-bond acceptors (Lipinski definition) is 16. The van der Waals surface area contributed by atoms with E-state index in [1.807, 2.05) is 0 Å². The lowest BCUT2D eigenvalue weighted by molar-refractivity contribution is -0.315. The minimum absolute atomic E-state index is 0.0308. The van der Waals surface area contributed by atoms with E-state index in [-0.39, 0.29) is 38.3 Å². The van der Waals surface area contributed by atoms with Crippen LogP contribution in [0.15, 0.2) is 0 Å². The Labute approximate surface area is 250 Å². The number of nitrogens with two attached hydrogens (primary N) is 5. The van der Waals surface area contributed by atoms with Gasteiger partial charge in [-0.1, -0.05) is 6.42 Å². The van der Waals surface area contributed by atoms with Gasteiger partial charge in [-0.25, -0.2) is 0 Å². The first kappa shape index (κ1) is 35.9. The number of unbranched alkanes of at least 4 members (excludes halogenated alkanes) is 2. The highest BCUT2D eigenvalue weighted by Gasteiger charge is 2.50. The SMILES string of the molecule is CC(=O)NCCCCCC(=O)OCC1OC(OC2C(N)CC(N)C(OC3OC(CN)C(O)CC3N)C2O)C(O)C(N)C1O. The highest BCUT2D eigenvalue weighted by Crippen LogP contribution is 2.31. The molecule has 2 aliphatic heterocycles. The number of hydrogen-bond donors (Lipinski definition) is 10. The summed E-state index contributed by atoms with van der Waals surface area (Å²) in [6, 6.07) is -3.48. The van der Waals surface area contributed by atoms with Crippen molar-refractivity contribution in [2.45, 2.75) is 131 Å².